The quantitative estimate of drug-likeness (QED) is 0.511. The predicted octanol–water partition coefficient (Wildman–Crippen LogP) is 6.54. The van der Waals surface area contributed by atoms with Crippen molar-refractivity contribution in [1.29, 1.82) is 0 Å². The highest BCUT2D eigenvalue weighted by atomic mass is 15.1. The summed E-state index contributed by atoms with van der Waals surface area (Å²) < 4.78 is 0. The molecule has 2 aromatic rings. The molecule has 134 valence electrons. The Morgan fingerprint density at radius 3 is 2.29 bits per heavy atom. The summed E-state index contributed by atoms with van der Waals surface area (Å²) in [5.74, 6) is 0. The smallest absolute Gasteiger partial charge is 0.0709 e. The first kappa shape index (κ1) is 20.5. The molecule has 0 saturated heterocycles. The fourth-order valence-electron chi connectivity index (χ4n) is 3.11. The Morgan fingerprint density at radius 2 is 1.67 bits per heavy atom. The number of benzene rings is 1. The van der Waals surface area contributed by atoms with Crippen LogP contribution in [0.15, 0.2) is 24.3 Å². The van der Waals surface area contributed by atoms with Crippen molar-refractivity contribution in [2.75, 3.05) is 18.0 Å². The van der Waals surface area contributed by atoms with Gasteiger partial charge < -0.3 is 4.90 Å². The van der Waals surface area contributed by atoms with Gasteiger partial charge in [-0.3, -0.25) is 4.98 Å². The lowest BCUT2D eigenvalue weighted by molar-refractivity contribution is 0.669. The highest BCUT2D eigenvalue weighted by Crippen LogP contribution is 2.25. The lowest BCUT2D eigenvalue weighted by Gasteiger charge is -2.25. The zero-order valence-electron chi connectivity index (χ0n) is 16.7. The van der Waals surface area contributed by atoms with Gasteiger partial charge in [-0.2, -0.15) is 0 Å². The number of aromatic nitrogens is 1. The number of aryl methyl sites for hydroxylation is 2. The second-order valence-electron chi connectivity index (χ2n) is 6.17. The molecular weight excluding hydrogens is 292 g/mol. The molecule has 0 spiro atoms. The van der Waals surface area contributed by atoms with Crippen LogP contribution in [0.25, 0.3) is 10.9 Å². The van der Waals surface area contributed by atoms with Crippen LogP contribution in [-0.2, 0) is 6.42 Å². The third kappa shape index (κ3) is 5.51. The summed E-state index contributed by atoms with van der Waals surface area (Å²) in [6.07, 6.45) is 6.13. The zero-order valence-corrected chi connectivity index (χ0v) is 16.7. The number of pyridine rings is 1. The molecule has 0 aliphatic carbocycles. The van der Waals surface area contributed by atoms with E-state index in [2.05, 4.69) is 61.8 Å². The van der Waals surface area contributed by atoms with Crippen molar-refractivity contribution in [3.63, 3.8) is 0 Å². The number of fused-ring (bicyclic) bond motifs is 1. The van der Waals surface area contributed by atoms with Crippen LogP contribution in [0.2, 0.25) is 0 Å². The standard InChI is InChI=1S/C20H30N2.C2H6/c1-5-8-9-13-22(12-6-2)18-10-11-20-19(15-18)17(7-3)14-16(4)21-20;1-2/h10-11,14-15H,5-9,12-13H2,1-4H3;1-2H3. The molecule has 2 rings (SSSR count). The largest absolute Gasteiger partial charge is 0.372 e. The van der Waals surface area contributed by atoms with Gasteiger partial charge in [-0.1, -0.05) is 47.5 Å². The van der Waals surface area contributed by atoms with Gasteiger partial charge in [0.1, 0.15) is 0 Å². The van der Waals surface area contributed by atoms with Crippen LogP contribution < -0.4 is 4.90 Å². The maximum absolute atomic E-state index is 4.69. The van der Waals surface area contributed by atoms with Gasteiger partial charge in [0.2, 0.25) is 0 Å². The number of hydrogen-bond acceptors (Lipinski definition) is 2. The van der Waals surface area contributed by atoms with Crippen molar-refractivity contribution in [2.24, 2.45) is 0 Å². The molecule has 0 radical (unpaired) electrons. The molecule has 0 aliphatic heterocycles. The van der Waals surface area contributed by atoms with Crippen LogP contribution in [0.1, 0.15) is 71.6 Å². The molecule has 0 unspecified atom stereocenters. The highest BCUT2D eigenvalue weighted by Gasteiger charge is 2.09. The molecule has 2 nitrogen and oxygen atoms in total. The van der Waals surface area contributed by atoms with E-state index in [1.807, 2.05) is 13.8 Å². The molecule has 0 atom stereocenters. The van der Waals surface area contributed by atoms with E-state index in [9.17, 15) is 0 Å². The van der Waals surface area contributed by atoms with Crippen LogP contribution in [-0.4, -0.2) is 18.1 Å². The van der Waals surface area contributed by atoms with Crippen molar-refractivity contribution in [3.8, 4) is 0 Å². The number of unbranched alkanes of at least 4 members (excludes halogenated alkanes) is 2. The number of anilines is 1. The van der Waals surface area contributed by atoms with E-state index >= 15 is 0 Å². The molecule has 0 N–H and O–H groups in total. The molecule has 0 fully saturated rings. The number of nitrogens with zero attached hydrogens (tertiary/aromatic N) is 2. The van der Waals surface area contributed by atoms with Gasteiger partial charge in [0.15, 0.2) is 0 Å². The molecule has 1 aromatic heterocycles. The first-order valence-corrected chi connectivity index (χ1v) is 9.84. The fourth-order valence-corrected chi connectivity index (χ4v) is 3.11. The summed E-state index contributed by atoms with van der Waals surface area (Å²) >= 11 is 0. The van der Waals surface area contributed by atoms with Crippen LogP contribution in [0.3, 0.4) is 0 Å². The summed E-state index contributed by atoms with van der Waals surface area (Å²) in [5, 5.41) is 1.32. The maximum atomic E-state index is 4.69. The number of rotatable bonds is 8. The van der Waals surface area contributed by atoms with Crippen LogP contribution >= 0.6 is 0 Å². The first-order chi connectivity index (χ1) is 11.7. The van der Waals surface area contributed by atoms with Crippen molar-refractivity contribution in [3.05, 3.63) is 35.5 Å². The molecule has 0 bridgehead atoms. The van der Waals surface area contributed by atoms with Crippen LogP contribution in [0, 0.1) is 6.92 Å². The summed E-state index contributed by atoms with van der Waals surface area (Å²) in [7, 11) is 0. The van der Waals surface area contributed by atoms with Crippen molar-refractivity contribution >= 4 is 16.6 Å². The molecular formula is C22H36N2. The zero-order chi connectivity index (χ0) is 17.9. The molecule has 0 amide bonds. The van der Waals surface area contributed by atoms with E-state index in [-0.39, 0.29) is 0 Å². The second-order valence-corrected chi connectivity index (χ2v) is 6.17. The lowest BCUT2D eigenvalue weighted by atomic mass is 10.0. The Kier molecular flexibility index (Phi) is 9.44. The molecule has 0 aliphatic rings. The van der Waals surface area contributed by atoms with E-state index in [0.717, 1.165) is 30.7 Å². The third-order valence-electron chi connectivity index (χ3n) is 4.28. The second kappa shape index (κ2) is 11.1. The predicted molar refractivity (Wildman–Crippen MR) is 109 cm³/mol. The maximum Gasteiger partial charge on any atom is 0.0709 e. The van der Waals surface area contributed by atoms with Crippen molar-refractivity contribution in [1.82, 2.24) is 4.98 Å². The molecule has 2 heteroatoms. The SMILES string of the molecule is CC.CCCCCN(CCC)c1ccc2nc(C)cc(CC)c2c1. The Labute approximate surface area is 149 Å². The van der Waals surface area contributed by atoms with Gasteiger partial charge in [-0.25, -0.2) is 0 Å². The summed E-state index contributed by atoms with van der Waals surface area (Å²) in [5.41, 5.74) is 5.01. The monoisotopic (exact) mass is 328 g/mol. The van der Waals surface area contributed by atoms with Gasteiger partial charge in [0.05, 0.1) is 5.52 Å². The summed E-state index contributed by atoms with van der Waals surface area (Å²) in [4.78, 5) is 7.22. The van der Waals surface area contributed by atoms with Crippen molar-refractivity contribution in [2.45, 2.75) is 73.6 Å². The third-order valence-corrected chi connectivity index (χ3v) is 4.28. The Balaban J connectivity index is 0.00000139. The minimum Gasteiger partial charge on any atom is -0.372 e. The Hall–Kier alpha value is -1.57. The molecule has 1 heterocycles. The van der Waals surface area contributed by atoms with Gasteiger partial charge in [-0.05, 0) is 56.0 Å². The highest BCUT2D eigenvalue weighted by molar-refractivity contribution is 5.86. The van der Waals surface area contributed by atoms with E-state index in [1.165, 1.54) is 42.3 Å². The van der Waals surface area contributed by atoms with Crippen LogP contribution in [0.4, 0.5) is 5.69 Å². The minimum absolute atomic E-state index is 1.06. The van der Waals surface area contributed by atoms with Gasteiger partial charge >= 0.3 is 0 Å². The molecule has 24 heavy (non-hydrogen) atoms. The van der Waals surface area contributed by atoms with E-state index < -0.39 is 0 Å². The van der Waals surface area contributed by atoms with Crippen LogP contribution in [0.5, 0.6) is 0 Å². The van der Waals surface area contributed by atoms with Gasteiger partial charge in [0.25, 0.3) is 0 Å². The normalized spacial score (nSPS) is 10.4. The number of hydrogen-bond donors (Lipinski definition) is 0. The summed E-state index contributed by atoms with van der Waals surface area (Å²) in [6.45, 7) is 15.1. The van der Waals surface area contributed by atoms with E-state index in [1.54, 1.807) is 0 Å². The average molecular weight is 329 g/mol. The van der Waals surface area contributed by atoms with Gasteiger partial charge in [-0.15, -0.1) is 0 Å². The first-order valence-electron chi connectivity index (χ1n) is 9.84. The van der Waals surface area contributed by atoms with E-state index in [4.69, 9.17) is 0 Å². The molecule has 0 saturated carbocycles. The topological polar surface area (TPSA) is 16.1 Å². The van der Waals surface area contributed by atoms with Crippen molar-refractivity contribution < 1.29 is 0 Å². The van der Waals surface area contributed by atoms with Gasteiger partial charge in [0, 0.05) is 29.9 Å². The molecule has 1 aromatic carbocycles. The summed E-state index contributed by atoms with van der Waals surface area (Å²) in [6, 6.07) is 9.02. The minimum atomic E-state index is 1.06. The lowest BCUT2D eigenvalue weighted by Crippen LogP contribution is -2.25. The Morgan fingerprint density at radius 1 is 0.917 bits per heavy atom. The fraction of sp³-hybridized carbons (Fsp3) is 0.591. The van der Waals surface area contributed by atoms with E-state index in [0.29, 0.717) is 0 Å². The Bertz CT molecular complexity index is 604. The average Bonchev–Trinajstić information content (AvgIpc) is 2.61.